The van der Waals surface area contributed by atoms with E-state index < -0.39 is 9.84 Å². The van der Waals surface area contributed by atoms with Crippen LogP contribution in [0.25, 0.3) is 0 Å². The summed E-state index contributed by atoms with van der Waals surface area (Å²) in [4.78, 5) is 0.292. The molecule has 0 radical (unpaired) electrons. The van der Waals surface area contributed by atoms with Gasteiger partial charge >= 0.3 is 0 Å². The summed E-state index contributed by atoms with van der Waals surface area (Å²) in [5.41, 5.74) is 0.791. The minimum Gasteiger partial charge on any atom is -0.375 e. The van der Waals surface area contributed by atoms with Crippen molar-refractivity contribution in [2.45, 2.75) is 17.9 Å². The van der Waals surface area contributed by atoms with Crippen LogP contribution >= 0.6 is 0 Å². The molecule has 18 heavy (non-hydrogen) atoms. The van der Waals surface area contributed by atoms with Crippen LogP contribution in [0.3, 0.4) is 0 Å². The molecule has 0 bridgehead atoms. The zero-order valence-electron chi connectivity index (χ0n) is 9.95. The van der Waals surface area contributed by atoms with E-state index in [-0.39, 0.29) is 6.04 Å². The smallest absolute Gasteiger partial charge is 0.196 e. The second-order valence-electron chi connectivity index (χ2n) is 3.93. The zero-order valence-corrected chi connectivity index (χ0v) is 10.8. The van der Waals surface area contributed by atoms with Crippen molar-refractivity contribution in [2.75, 3.05) is 11.6 Å². The fraction of sp³-hybridized carbons (Fsp3) is 0.300. The van der Waals surface area contributed by atoms with Crippen molar-refractivity contribution in [3.05, 3.63) is 30.1 Å². The van der Waals surface area contributed by atoms with Crippen LogP contribution in [0.5, 0.6) is 0 Å². The van der Waals surface area contributed by atoms with Crippen molar-refractivity contribution in [2.24, 2.45) is 0 Å². The van der Waals surface area contributed by atoms with Gasteiger partial charge in [-0.3, -0.25) is 0 Å². The molecule has 96 valence electrons. The quantitative estimate of drug-likeness (QED) is 0.848. The van der Waals surface area contributed by atoms with E-state index in [2.05, 4.69) is 25.9 Å². The van der Waals surface area contributed by atoms with Crippen molar-refractivity contribution < 1.29 is 8.42 Å². The molecule has 1 atom stereocenters. The summed E-state index contributed by atoms with van der Waals surface area (Å²) in [6.45, 7) is 1.88. The van der Waals surface area contributed by atoms with Gasteiger partial charge in [-0.1, -0.05) is 5.21 Å². The summed E-state index contributed by atoms with van der Waals surface area (Å²) in [6, 6.07) is 6.40. The standard InChI is InChI=1S/C10H13N5O2S/c1-7(10-12-14-15-13-10)11-8-3-5-9(6-4-8)18(2,16)17/h3-7,11H,1-2H3,(H,12,13,14,15). The highest BCUT2D eigenvalue weighted by molar-refractivity contribution is 7.90. The maximum atomic E-state index is 11.3. The summed E-state index contributed by atoms with van der Waals surface area (Å²) in [7, 11) is -3.16. The maximum absolute atomic E-state index is 11.3. The SMILES string of the molecule is CC(Nc1ccc(S(C)(=O)=O)cc1)c1nn[nH]n1. The number of anilines is 1. The topological polar surface area (TPSA) is 101 Å². The van der Waals surface area contributed by atoms with Gasteiger partial charge in [0.15, 0.2) is 15.7 Å². The number of aromatic nitrogens is 4. The number of sulfone groups is 1. The second kappa shape index (κ2) is 4.73. The van der Waals surface area contributed by atoms with Crippen LogP contribution in [0.15, 0.2) is 29.2 Å². The predicted octanol–water partition coefficient (Wildman–Crippen LogP) is 0.776. The van der Waals surface area contributed by atoms with E-state index in [1.807, 2.05) is 6.92 Å². The zero-order chi connectivity index (χ0) is 13.2. The van der Waals surface area contributed by atoms with E-state index in [9.17, 15) is 8.42 Å². The highest BCUT2D eigenvalue weighted by Crippen LogP contribution is 2.18. The first-order valence-electron chi connectivity index (χ1n) is 5.27. The normalized spacial score (nSPS) is 13.2. The molecule has 0 aliphatic heterocycles. The minimum atomic E-state index is -3.16. The fourth-order valence-corrected chi connectivity index (χ4v) is 2.10. The van der Waals surface area contributed by atoms with Gasteiger partial charge in [-0.15, -0.1) is 10.2 Å². The largest absolute Gasteiger partial charge is 0.375 e. The van der Waals surface area contributed by atoms with Crippen LogP contribution in [-0.2, 0) is 9.84 Å². The number of aromatic amines is 1. The molecule has 1 unspecified atom stereocenters. The van der Waals surface area contributed by atoms with Crippen LogP contribution in [0.1, 0.15) is 18.8 Å². The molecular formula is C10H13N5O2S. The molecular weight excluding hydrogens is 254 g/mol. The van der Waals surface area contributed by atoms with E-state index in [4.69, 9.17) is 0 Å². The summed E-state index contributed by atoms with van der Waals surface area (Å²) < 4.78 is 22.6. The first kappa shape index (κ1) is 12.5. The minimum absolute atomic E-state index is 0.118. The highest BCUT2D eigenvalue weighted by Gasteiger charge is 2.11. The summed E-state index contributed by atoms with van der Waals surface area (Å²) in [6.07, 6.45) is 1.18. The predicted molar refractivity (Wildman–Crippen MR) is 65.8 cm³/mol. The van der Waals surface area contributed by atoms with Crippen LogP contribution in [-0.4, -0.2) is 35.3 Å². The monoisotopic (exact) mass is 267 g/mol. The number of hydrogen-bond donors (Lipinski definition) is 2. The third kappa shape index (κ3) is 2.83. The number of nitrogens with zero attached hydrogens (tertiary/aromatic N) is 3. The Hall–Kier alpha value is -1.96. The van der Waals surface area contributed by atoms with E-state index in [1.165, 1.54) is 6.26 Å². The molecule has 1 aromatic carbocycles. The van der Waals surface area contributed by atoms with Gasteiger partial charge in [-0.2, -0.15) is 5.21 Å². The third-order valence-corrected chi connectivity index (χ3v) is 3.54. The number of nitrogens with one attached hydrogen (secondary N) is 2. The lowest BCUT2D eigenvalue weighted by atomic mass is 10.2. The third-order valence-electron chi connectivity index (χ3n) is 2.41. The van der Waals surface area contributed by atoms with Gasteiger partial charge in [0.25, 0.3) is 0 Å². The molecule has 1 aromatic heterocycles. The molecule has 0 aliphatic rings. The van der Waals surface area contributed by atoms with Gasteiger partial charge < -0.3 is 5.32 Å². The molecule has 2 rings (SSSR count). The number of H-pyrrole nitrogens is 1. The lowest BCUT2D eigenvalue weighted by Crippen LogP contribution is -2.08. The Morgan fingerprint density at radius 2 is 1.94 bits per heavy atom. The van der Waals surface area contributed by atoms with Gasteiger partial charge in [-0.05, 0) is 31.2 Å². The Bertz CT molecular complexity index is 606. The first-order chi connectivity index (χ1) is 8.47. The molecule has 2 aromatic rings. The lowest BCUT2D eigenvalue weighted by Gasteiger charge is -2.11. The van der Waals surface area contributed by atoms with Gasteiger partial charge in [0.1, 0.15) is 0 Å². The summed E-state index contributed by atoms with van der Waals surface area (Å²) in [5, 5.41) is 16.7. The number of tetrazole rings is 1. The molecule has 1 heterocycles. The van der Waals surface area contributed by atoms with E-state index in [0.29, 0.717) is 10.7 Å². The van der Waals surface area contributed by atoms with Crippen LogP contribution in [0.4, 0.5) is 5.69 Å². The Morgan fingerprint density at radius 3 is 2.44 bits per heavy atom. The molecule has 8 heteroatoms. The molecule has 0 spiro atoms. The molecule has 7 nitrogen and oxygen atoms in total. The molecule has 0 amide bonds. The fourth-order valence-electron chi connectivity index (χ4n) is 1.47. The maximum Gasteiger partial charge on any atom is 0.196 e. The van der Waals surface area contributed by atoms with Gasteiger partial charge in [-0.25, -0.2) is 8.42 Å². The average Bonchev–Trinajstić information content (AvgIpc) is 2.82. The number of hydrogen-bond acceptors (Lipinski definition) is 6. The van der Waals surface area contributed by atoms with Crippen molar-refractivity contribution >= 4 is 15.5 Å². The Balaban J connectivity index is 2.12. The number of rotatable bonds is 4. The Morgan fingerprint density at radius 1 is 1.28 bits per heavy atom. The van der Waals surface area contributed by atoms with E-state index in [1.54, 1.807) is 24.3 Å². The molecule has 0 aliphatic carbocycles. The average molecular weight is 267 g/mol. The second-order valence-corrected chi connectivity index (χ2v) is 5.95. The molecule has 0 fully saturated rings. The number of benzene rings is 1. The first-order valence-corrected chi connectivity index (χ1v) is 7.16. The van der Waals surface area contributed by atoms with Crippen LogP contribution < -0.4 is 5.32 Å². The van der Waals surface area contributed by atoms with E-state index in [0.717, 1.165) is 5.69 Å². The van der Waals surface area contributed by atoms with Crippen LogP contribution in [0, 0.1) is 0 Å². The van der Waals surface area contributed by atoms with E-state index >= 15 is 0 Å². The Kier molecular flexibility index (Phi) is 3.28. The van der Waals surface area contributed by atoms with Gasteiger partial charge in [0, 0.05) is 11.9 Å². The van der Waals surface area contributed by atoms with Crippen molar-refractivity contribution in [1.29, 1.82) is 0 Å². The van der Waals surface area contributed by atoms with Crippen molar-refractivity contribution in [3.63, 3.8) is 0 Å². The van der Waals surface area contributed by atoms with Gasteiger partial charge in [0.2, 0.25) is 0 Å². The Labute approximate surface area is 105 Å². The van der Waals surface area contributed by atoms with Gasteiger partial charge in [0.05, 0.1) is 10.9 Å². The highest BCUT2D eigenvalue weighted by atomic mass is 32.2. The lowest BCUT2D eigenvalue weighted by molar-refractivity contribution is 0.602. The summed E-state index contributed by atoms with van der Waals surface area (Å²) in [5.74, 6) is 0.544. The van der Waals surface area contributed by atoms with Crippen LogP contribution in [0.2, 0.25) is 0 Å². The summed E-state index contributed by atoms with van der Waals surface area (Å²) >= 11 is 0. The van der Waals surface area contributed by atoms with Crippen molar-refractivity contribution in [3.8, 4) is 0 Å². The molecule has 0 saturated carbocycles. The molecule has 2 N–H and O–H groups in total. The van der Waals surface area contributed by atoms with Crippen molar-refractivity contribution in [1.82, 2.24) is 20.6 Å². The molecule has 0 saturated heterocycles.